The Morgan fingerprint density at radius 2 is 1.71 bits per heavy atom. The number of benzene rings is 1. The van der Waals surface area contributed by atoms with Crippen molar-refractivity contribution < 1.29 is 13.2 Å². The first-order chi connectivity index (χ1) is 10.0. The van der Waals surface area contributed by atoms with Gasteiger partial charge in [0.1, 0.15) is 0 Å². The molecule has 0 bridgehead atoms. The Morgan fingerprint density at radius 3 is 2.33 bits per heavy atom. The second-order valence-electron chi connectivity index (χ2n) is 6.42. The number of piperazine rings is 1. The highest BCUT2D eigenvalue weighted by molar-refractivity contribution is 5.49. The van der Waals surface area contributed by atoms with E-state index in [0.717, 1.165) is 38.1 Å². The van der Waals surface area contributed by atoms with E-state index in [1.54, 1.807) is 0 Å². The highest BCUT2D eigenvalue weighted by Crippen LogP contribution is 2.34. The van der Waals surface area contributed by atoms with Gasteiger partial charge >= 0.3 is 0 Å². The minimum atomic E-state index is -1.39. The normalized spacial score (nSPS) is 25.3. The summed E-state index contributed by atoms with van der Waals surface area (Å²) < 4.78 is 40.1. The van der Waals surface area contributed by atoms with Crippen molar-refractivity contribution in [2.45, 2.75) is 50.6 Å². The van der Waals surface area contributed by atoms with Crippen LogP contribution in [0.3, 0.4) is 0 Å². The lowest BCUT2D eigenvalue weighted by Crippen LogP contribution is -2.64. The zero-order valence-corrected chi connectivity index (χ0v) is 12.3. The van der Waals surface area contributed by atoms with Crippen LogP contribution in [0.15, 0.2) is 12.1 Å². The van der Waals surface area contributed by atoms with Crippen LogP contribution in [0.5, 0.6) is 0 Å². The molecule has 1 N–H and O–H groups in total. The second-order valence-corrected chi connectivity index (χ2v) is 6.42. The number of hydrogen-bond donors (Lipinski definition) is 1. The molecule has 2 fully saturated rings. The van der Waals surface area contributed by atoms with Crippen LogP contribution in [0.1, 0.15) is 39.0 Å². The monoisotopic (exact) mass is 298 g/mol. The Balaban J connectivity index is 1.89. The third-order valence-corrected chi connectivity index (χ3v) is 4.89. The molecule has 1 aliphatic carbocycles. The molecule has 1 saturated carbocycles. The number of nitrogens with zero attached hydrogens (tertiary/aromatic N) is 1. The average molecular weight is 298 g/mol. The van der Waals surface area contributed by atoms with E-state index in [2.05, 4.69) is 5.32 Å². The smallest absolute Gasteiger partial charge is 0.194 e. The lowest BCUT2D eigenvalue weighted by molar-refractivity contribution is 0.200. The highest BCUT2D eigenvalue weighted by Gasteiger charge is 2.39. The summed E-state index contributed by atoms with van der Waals surface area (Å²) in [6.07, 6.45) is 5.78. The Bertz CT molecular complexity index is 503. The van der Waals surface area contributed by atoms with Gasteiger partial charge in [0.2, 0.25) is 0 Å². The molecular formula is C16H21F3N2. The van der Waals surface area contributed by atoms with E-state index in [9.17, 15) is 13.2 Å². The molecule has 2 aliphatic rings. The van der Waals surface area contributed by atoms with Crippen molar-refractivity contribution in [3.63, 3.8) is 0 Å². The molecule has 3 rings (SSSR count). The molecule has 1 saturated heterocycles. The fourth-order valence-corrected chi connectivity index (χ4v) is 3.63. The largest absolute Gasteiger partial charge is 0.366 e. The van der Waals surface area contributed by atoms with Crippen LogP contribution < -0.4 is 10.2 Å². The molecule has 1 unspecified atom stereocenters. The van der Waals surface area contributed by atoms with Crippen molar-refractivity contribution in [1.29, 1.82) is 0 Å². The molecule has 1 atom stereocenters. The summed E-state index contributed by atoms with van der Waals surface area (Å²) in [5.74, 6) is -3.63. The molecule has 1 spiro atoms. The summed E-state index contributed by atoms with van der Waals surface area (Å²) in [5.41, 5.74) is 0.469. The lowest BCUT2D eigenvalue weighted by Gasteiger charge is -2.50. The van der Waals surface area contributed by atoms with Crippen molar-refractivity contribution in [3.05, 3.63) is 29.6 Å². The molecule has 0 amide bonds. The molecule has 1 aromatic rings. The summed E-state index contributed by atoms with van der Waals surface area (Å²) in [6.45, 7) is 3.52. The predicted molar refractivity (Wildman–Crippen MR) is 76.9 cm³/mol. The Kier molecular flexibility index (Phi) is 3.86. The topological polar surface area (TPSA) is 15.3 Å². The standard InChI is InChI=1S/C16H21F3N2/c1-11-9-20-16(5-3-2-4-6-16)10-21(11)12-7-13(17)15(19)14(18)8-12/h7-8,11,20H,2-6,9-10H2,1H3. The highest BCUT2D eigenvalue weighted by atomic mass is 19.2. The van der Waals surface area contributed by atoms with Gasteiger partial charge in [-0.05, 0) is 19.8 Å². The molecule has 0 radical (unpaired) electrons. The predicted octanol–water partition coefficient (Wildman–Crippen LogP) is 3.60. The molecular weight excluding hydrogens is 277 g/mol. The Labute approximate surface area is 123 Å². The van der Waals surface area contributed by atoms with Gasteiger partial charge in [-0.25, -0.2) is 13.2 Å². The van der Waals surface area contributed by atoms with Gasteiger partial charge in [0.15, 0.2) is 17.5 Å². The molecule has 5 heteroatoms. The van der Waals surface area contributed by atoms with Gasteiger partial charge in [0.05, 0.1) is 0 Å². The summed E-state index contributed by atoms with van der Waals surface area (Å²) in [7, 11) is 0. The fraction of sp³-hybridized carbons (Fsp3) is 0.625. The van der Waals surface area contributed by atoms with Crippen LogP contribution >= 0.6 is 0 Å². The van der Waals surface area contributed by atoms with E-state index in [0.29, 0.717) is 5.69 Å². The zero-order chi connectivity index (χ0) is 15.0. The molecule has 21 heavy (non-hydrogen) atoms. The van der Waals surface area contributed by atoms with Crippen molar-refractivity contribution in [3.8, 4) is 0 Å². The molecule has 1 aliphatic heterocycles. The molecule has 0 aromatic heterocycles. The summed E-state index contributed by atoms with van der Waals surface area (Å²) in [6, 6.07) is 2.34. The minimum absolute atomic E-state index is 0.0338. The maximum absolute atomic E-state index is 13.5. The summed E-state index contributed by atoms with van der Waals surface area (Å²) >= 11 is 0. The van der Waals surface area contributed by atoms with Gasteiger partial charge < -0.3 is 10.2 Å². The van der Waals surface area contributed by atoms with Crippen molar-refractivity contribution in [2.24, 2.45) is 0 Å². The van der Waals surface area contributed by atoms with E-state index in [1.807, 2.05) is 11.8 Å². The van der Waals surface area contributed by atoms with Gasteiger partial charge in [-0.15, -0.1) is 0 Å². The van der Waals surface area contributed by atoms with E-state index < -0.39 is 17.5 Å². The number of halogens is 3. The SMILES string of the molecule is CC1CNC2(CCCCC2)CN1c1cc(F)c(F)c(F)c1. The summed E-state index contributed by atoms with van der Waals surface area (Å²) in [4.78, 5) is 2.01. The first-order valence-electron chi connectivity index (χ1n) is 7.67. The average Bonchev–Trinajstić information content (AvgIpc) is 2.48. The van der Waals surface area contributed by atoms with Crippen molar-refractivity contribution in [2.75, 3.05) is 18.0 Å². The molecule has 1 heterocycles. The first-order valence-corrected chi connectivity index (χ1v) is 7.67. The van der Waals surface area contributed by atoms with Crippen LogP contribution in [-0.4, -0.2) is 24.7 Å². The van der Waals surface area contributed by atoms with Gasteiger partial charge in [0.25, 0.3) is 0 Å². The van der Waals surface area contributed by atoms with Crippen LogP contribution in [0.25, 0.3) is 0 Å². The quantitative estimate of drug-likeness (QED) is 0.797. The van der Waals surface area contributed by atoms with Crippen LogP contribution in [0.2, 0.25) is 0 Å². The molecule has 1 aromatic carbocycles. The third kappa shape index (κ3) is 2.76. The maximum atomic E-state index is 13.5. The number of nitrogens with one attached hydrogen (secondary N) is 1. The van der Waals surface area contributed by atoms with Gasteiger partial charge in [-0.3, -0.25) is 0 Å². The first kappa shape index (κ1) is 14.7. The molecule has 2 nitrogen and oxygen atoms in total. The third-order valence-electron chi connectivity index (χ3n) is 4.89. The van der Waals surface area contributed by atoms with E-state index in [1.165, 1.54) is 19.3 Å². The van der Waals surface area contributed by atoms with Gasteiger partial charge in [-0.1, -0.05) is 19.3 Å². The van der Waals surface area contributed by atoms with Crippen molar-refractivity contribution in [1.82, 2.24) is 5.32 Å². The zero-order valence-electron chi connectivity index (χ0n) is 12.3. The minimum Gasteiger partial charge on any atom is -0.366 e. The van der Waals surface area contributed by atoms with Crippen LogP contribution in [0, 0.1) is 17.5 Å². The maximum Gasteiger partial charge on any atom is 0.194 e. The van der Waals surface area contributed by atoms with Crippen LogP contribution in [-0.2, 0) is 0 Å². The van der Waals surface area contributed by atoms with Gasteiger partial charge in [0, 0.05) is 42.5 Å². The van der Waals surface area contributed by atoms with E-state index in [4.69, 9.17) is 0 Å². The molecule has 116 valence electrons. The number of hydrogen-bond acceptors (Lipinski definition) is 2. The van der Waals surface area contributed by atoms with E-state index in [-0.39, 0.29) is 11.6 Å². The lowest BCUT2D eigenvalue weighted by atomic mass is 9.79. The van der Waals surface area contributed by atoms with Gasteiger partial charge in [-0.2, -0.15) is 0 Å². The number of anilines is 1. The van der Waals surface area contributed by atoms with Crippen LogP contribution in [0.4, 0.5) is 18.9 Å². The number of rotatable bonds is 1. The fourth-order valence-electron chi connectivity index (χ4n) is 3.63. The van der Waals surface area contributed by atoms with E-state index >= 15 is 0 Å². The van der Waals surface area contributed by atoms with Crippen molar-refractivity contribution >= 4 is 5.69 Å². The Morgan fingerprint density at radius 1 is 1.10 bits per heavy atom. The second kappa shape index (κ2) is 5.52. The Hall–Kier alpha value is -1.23. The summed E-state index contributed by atoms with van der Waals surface area (Å²) in [5, 5.41) is 3.62.